The van der Waals surface area contributed by atoms with Gasteiger partial charge in [-0.2, -0.15) is 0 Å². The van der Waals surface area contributed by atoms with Gasteiger partial charge in [-0.25, -0.2) is 0 Å². The lowest BCUT2D eigenvalue weighted by molar-refractivity contribution is -0.119. The molecule has 6 heteroatoms. The molecule has 1 heterocycles. The second-order valence-corrected chi connectivity index (χ2v) is 6.30. The summed E-state index contributed by atoms with van der Waals surface area (Å²) in [6, 6.07) is 13.1. The van der Waals surface area contributed by atoms with Crippen LogP contribution >= 0.6 is 11.8 Å². The highest BCUT2D eigenvalue weighted by molar-refractivity contribution is 7.98. The van der Waals surface area contributed by atoms with Crippen molar-refractivity contribution in [1.29, 1.82) is 0 Å². The van der Waals surface area contributed by atoms with Crippen LogP contribution in [0.25, 0.3) is 0 Å². The summed E-state index contributed by atoms with van der Waals surface area (Å²) in [5.41, 5.74) is 1.31. The quantitative estimate of drug-likeness (QED) is 0.686. The zero-order chi connectivity index (χ0) is 17.3. The normalized spacial score (nSPS) is 14.5. The summed E-state index contributed by atoms with van der Waals surface area (Å²) in [6.07, 6.45) is 1.95. The average Bonchev–Trinajstić information content (AvgIpc) is 2.86. The van der Waals surface area contributed by atoms with Crippen molar-refractivity contribution in [3.05, 3.63) is 59.7 Å². The number of thioether (sulfide) groups is 1. The second-order valence-electron chi connectivity index (χ2n) is 5.42. The van der Waals surface area contributed by atoms with Crippen molar-refractivity contribution < 1.29 is 14.4 Å². The van der Waals surface area contributed by atoms with Gasteiger partial charge in [0.1, 0.15) is 6.04 Å². The van der Waals surface area contributed by atoms with E-state index in [2.05, 4.69) is 5.32 Å². The van der Waals surface area contributed by atoms with Crippen molar-refractivity contribution in [2.24, 2.45) is 0 Å². The van der Waals surface area contributed by atoms with E-state index in [0.717, 1.165) is 9.80 Å². The monoisotopic (exact) mass is 340 g/mol. The molecule has 3 rings (SSSR count). The molecule has 0 spiro atoms. The molecule has 2 aromatic carbocycles. The molecule has 1 atom stereocenters. The molecule has 0 aromatic heterocycles. The minimum atomic E-state index is -0.893. The van der Waals surface area contributed by atoms with E-state index in [9.17, 15) is 14.4 Å². The molecular weight excluding hydrogens is 324 g/mol. The van der Waals surface area contributed by atoms with E-state index < -0.39 is 23.8 Å². The smallest absolute Gasteiger partial charge is 0.262 e. The second kappa shape index (κ2) is 6.49. The predicted octanol–water partition coefficient (Wildman–Crippen LogP) is 3.03. The first kappa shape index (κ1) is 16.3. The largest absolute Gasteiger partial charge is 0.324 e. The highest BCUT2D eigenvalue weighted by Gasteiger charge is 2.40. The van der Waals surface area contributed by atoms with Crippen LogP contribution in [0.5, 0.6) is 0 Å². The van der Waals surface area contributed by atoms with Crippen LogP contribution in [-0.4, -0.2) is 34.9 Å². The Hall–Kier alpha value is -2.60. The lowest BCUT2D eigenvalue weighted by atomic mass is 10.1. The van der Waals surface area contributed by atoms with Crippen LogP contribution in [0.4, 0.5) is 5.69 Å². The van der Waals surface area contributed by atoms with E-state index in [1.54, 1.807) is 49.0 Å². The van der Waals surface area contributed by atoms with Gasteiger partial charge in [0.15, 0.2) is 0 Å². The summed E-state index contributed by atoms with van der Waals surface area (Å²) >= 11 is 1.57. The number of anilines is 1. The third-order valence-corrected chi connectivity index (χ3v) is 4.65. The molecule has 1 N–H and O–H groups in total. The standard InChI is InChI=1S/C18H16N2O3S/c1-11(16(21)19-12-6-5-7-13(10-12)24-2)20-17(22)14-8-3-4-9-15(14)18(20)23/h3-11H,1-2H3,(H,19,21). The third-order valence-electron chi connectivity index (χ3n) is 3.93. The van der Waals surface area contributed by atoms with Gasteiger partial charge in [0.25, 0.3) is 11.8 Å². The van der Waals surface area contributed by atoms with Crippen molar-refractivity contribution in [1.82, 2.24) is 4.90 Å². The number of nitrogens with one attached hydrogen (secondary N) is 1. The number of carbonyl (C=O) groups excluding carboxylic acids is 3. The van der Waals surface area contributed by atoms with Gasteiger partial charge >= 0.3 is 0 Å². The lowest BCUT2D eigenvalue weighted by Gasteiger charge is -2.21. The molecule has 0 saturated carbocycles. The van der Waals surface area contributed by atoms with Crippen LogP contribution in [0.2, 0.25) is 0 Å². The molecule has 1 unspecified atom stereocenters. The highest BCUT2D eigenvalue weighted by atomic mass is 32.2. The van der Waals surface area contributed by atoms with Crippen LogP contribution in [0.1, 0.15) is 27.6 Å². The van der Waals surface area contributed by atoms with Crippen LogP contribution in [0.15, 0.2) is 53.4 Å². The van der Waals surface area contributed by atoms with Crippen LogP contribution in [0, 0.1) is 0 Å². The Morgan fingerprint density at radius 3 is 2.25 bits per heavy atom. The Kier molecular flexibility index (Phi) is 4.40. The van der Waals surface area contributed by atoms with E-state index in [4.69, 9.17) is 0 Å². The molecule has 0 saturated heterocycles. The Morgan fingerprint density at radius 1 is 1.04 bits per heavy atom. The van der Waals surface area contributed by atoms with Crippen molar-refractivity contribution in [2.45, 2.75) is 17.9 Å². The third kappa shape index (κ3) is 2.80. The molecule has 3 amide bonds. The molecule has 1 aliphatic heterocycles. The van der Waals surface area contributed by atoms with Gasteiger partial charge in [-0.15, -0.1) is 11.8 Å². The summed E-state index contributed by atoms with van der Waals surface area (Å²) in [6.45, 7) is 1.55. The molecule has 0 aliphatic carbocycles. The fraction of sp³-hybridized carbons (Fsp3) is 0.167. The Bertz CT molecular complexity index is 800. The SMILES string of the molecule is CSc1cccc(NC(=O)C(C)N2C(=O)c3ccccc3C2=O)c1. The average molecular weight is 340 g/mol. The summed E-state index contributed by atoms with van der Waals surface area (Å²) in [7, 11) is 0. The molecular formula is C18H16N2O3S. The van der Waals surface area contributed by atoms with Gasteiger partial charge in [0.05, 0.1) is 11.1 Å². The van der Waals surface area contributed by atoms with Crippen molar-refractivity contribution in [3.63, 3.8) is 0 Å². The minimum absolute atomic E-state index is 0.339. The Morgan fingerprint density at radius 2 is 1.67 bits per heavy atom. The van der Waals surface area contributed by atoms with Crippen LogP contribution in [0.3, 0.4) is 0 Å². The van der Waals surface area contributed by atoms with Gasteiger partial charge in [-0.1, -0.05) is 18.2 Å². The van der Waals surface area contributed by atoms with Crippen LogP contribution < -0.4 is 5.32 Å². The van der Waals surface area contributed by atoms with Gasteiger partial charge in [0, 0.05) is 10.6 Å². The predicted molar refractivity (Wildman–Crippen MR) is 93.3 cm³/mol. The molecule has 5 nitrogen and oxygen atoms in total. The number of carbonyl (C=O) groups is 3. The van der Waals surface area contributed by atoms with Crippen LogP contribution in [-0.2, 0) is 4.79 Å². The number of nitrogens with zero attached hydrogens (tertiary/aromatic N) is 1. The summed E-state index contributed by atoms with van der Waals surface area (Å²) in [5, 5.41) is 2.76. The summed E-state index contributed by atoms with van der Waals surface area (Å²) in [4.78, 5) is 39.4. The number of amides is 3. The number of fused-ring (bicyclic) bond motifs is 1. The lowest BCUT2D eigenvalue weighted by Crippen LogP contribution is -2.45. The maximum absolute atomic E-state index is 12.5. The van der Waals surface area contributed by atoms with Crippen molar-refractivity contribution in [2.75, 3.05) is 11.6 Å². The summed E-state index contributed by atoms with van der Waals surface area (Å²) < 4.78 is 0. The maximum Gasteiger partial charge on any atom is 0.262 e. The number of benzene rings is 2. The molecule has 2 aromatic rings. The highest BCUT2D eigenvalue weighted by Crippen LogP contribution is 2.25. The van der Waals surface area contributed by atoms with E-state index >= 15 is 0 Å². The topological polar surface area (TPSA) is 66.5 Å². The molecule has 24 heavy (non-hydrogen) atoms. The molecule has 0 fully saturated rings. The fourth-order valence-corrected chi connectivity index (χ4v) is 3.08. The van der Waals surface area contributed by atoms with E-state index in [0.29, 0.717) is 16.8 Å². The van der Waals surface area contributed by atoms with Gasteiger partial charge < -0.3 is 5.32 Å². The maximum atomic E-state index is 12.5. The zero-order valence-electron chi connectivity index (χ0n) is 13.3. The summed E-state index contributed by atoms with van der Waals surface area (Å²) in [5.74, 6) is -1.27. The zero-order valence-corrected chi connectivity index (χ0v) is 14.1. The first-order valence-electron chi connectivity index (χ1n) is 7.44. The van der Waals surface area contributed by atoms with Crippen molar-refractivity contribution in [3.8, 4) is 0 Å². The van der Waals surface area contributed by atoms with Gasteiger partial charge in [0.2, 0.25) is 5.91 Å². The Balaban J connectivity index is 1.79. The number of rotatable bonds is 4. The fourth-order valence-electron chi connectivity index (χ4n) is 2.62. The van der Waals surface area contributed by atoms with Gasteiger partial charge in [-0.3, -0.25) is 19.3 Å². The van der Waals surface area contributed by atoms with E-state index in [1.807, 2.05) is 24.5 Å². The molecule has 0 radical (unpaired) electrons. The first-order valence-corrected chi connectivity index (χ1v) is 8.67. The number of hydrogen-bond acceptors (Lipinski definition) is 4. The molecule has 1 aliphatic rings. The van der Waals surface area contributed by atoms with Crippen molar-refractivity contribution >= 4 is 35.2 Å². The molecule has 122 valence electrons. The minimum Gasteiger partial charge on any atom is -0.324 e. The van der Waals surface area contributed by atoms with E-state index in [-0.39, 0.29) is 0 Å². The van der Waals surface area contributed by atoms with E-state index in [1.165, 1.54) is 0 Å². The van der Waals surface area contributed by atoms with Gasteiger partial charge in [-0.05, 0) is 43.5 Å². The first-order chi connectivity index (χ1) is 11.5. The Labute approximate surface area is 144 Å². The number of imide groups is 1. The molecule has 0 bridgehead atoms. The number of hydrogen-bond donors (Lipinski definition) is 1.